The molecule has 0 atom stereocenters. The molecule has 0 bridgehead atoms. The van der Waals surface area contributed by atoms with E-state index in [4.69, 9.17) is 5.11 Å². The minimum Gasteiger partial charge on any atom is -0.508 e. The normalized spacial score (nSPS) is 10.6. The van der Waals surface area contributed by atoms with Gasteiger partial charge in [0.1, 0.15) is 5.75 Å². The first-order valence-electron chi connectivity index (χ1n) is 5.34. The SMILES string of the molecule is CCN(CCC(=O)O)Cc1ccccc1O. The van der Waals surface area contributed by atoms with Crippen molar-refractivity contribution < 1.29 is 15.0 Å². The number of hydrogen-bond acceptors (Lipinski definition) is 3. The van der Waals surface area contributed by atoms with Gasteiger partial charge in [0.15, 0.2) is 0 Å². The Bertz CT molecular complexity index is 352. The lowest BCUT2D eigenvalue weighted by molar-refractivity contribution is -0.137. The molecule has 0 aliphatic rings. The van der Waals surface area contributed by atoms with Gasteiger partial charge >= 0.3 is 5.97 Å². The summed E-state index contributed by atoms with van der Waals surface area (Å²) in [6.07, 6.45) is 0.126. The molecule has 16 heavy (non-hydrogen) atoms. The van der Waals surface area contributed by atoms with E-state index in [1.807, 2.05) is 24.0 Å². The molecule has 0 unspecified atom stereocenters. The third-order valence-electron chi connectivity index (χ3n) is 2.47. The second kappa shape index (κ2) is 6.12. The number of hydrogen-bond donors (Lipinski definition) is 2. The van der Waals surface area contributed by atoms with E-state index in [1.54, 1.807) is 12.1 Å². The smallest absolute Gasteiger partial charge is 0.304 e. The lowest BCUT2D eigenvalue weighted by Gasteiger charge is -2.19. The van der Waals surface area contributed by atoms with Crippen molar-refractivity contribution >= 4 is 5.97 Å². The minimum atomic E-state index is -0.796. The molecule has 0 heterocycles. The summed E-state index contributed by atoms with van der Waals surface area (Å²) in [4.78, 5) is 12.5. The Labute approximate surface area is 95.1 Å². The predicted octanol–water partition coefficient (Wildman–Crippen LogP) is 1.69. The molecule has 0 amide bonds. The number of carboxylic acids is 1. The predicted molar refractivity (Wildman–Crippen MR) is 61.3 cm³/mol. The van der Waals surface area contributed by atoms with Crippen molar-refractivity contribution in [2.75, 3.05) is 13.1 Å². The highest BCUT2D eigenvalue weighted by Gasteiger charge is 2.08. The Hall–Kier alpha value is -1.55. The molecule has 1 aromatic carbocycles. The Morgan fingerprint density at radius 2 is 2.06 bits per heavy atom. The van der Waals surface area contributed by atoms with Gasteiger partial charge in [-0.1, -0.05) is 25.1 Å². The van der Waals surface area contributed by atoms with E-state index in [-0.39, 0.29) is 12.2 Å². The summed E-state index contributed by atoms with van der Waals surface area (Å²) >= 11 is 0. The number of aromatic hydroxyl groups is 1. The van der Waals surface area contributed by atoms with Crippen LogP contribution >= 0.6 is 0 Å². The maximum atomic E-state index is 10.5. The number of phenols is 1. The van der Waals surface area contributed by atoms with Crippen molar-refractivity contribution in [1.29, 1.82) is 0 Å². The van der Waals surface area contributed by atoms with Crippen LogP contribution in [-0.4, -0.2) is 34.2 Å². The van der Waals surface area contributed by atoms with Crippen LogP contribution in [0.4, 0.5) is 0 Å². The number of aliphatic carboxylic acids is 1. The fourth-order valence-corrected chi connectivity index (χ4v) is 1.49. The van der Waals surface area contributed by atoms with Gasteiger partial charge in [-0.25, -0.2) is 0 Å². The quantitative estimate of drug-likeness (QED) is 0.770. The number of phenolic OH excluding ortho intramolecular Hbond substituents is 1. The summed E-state index contributed by atoms with van der Waals surface area (Å²) in [7, 11) is 0. The molecule has 0 fully saturated rings. The molecule has 0 aromatic heterocycles. The molecular formula is C12H17NO3. The van der Waals surface area contributed by atoms with Gasteiger partial charge in [0.25, 0.3) is 0 Å². The number of para-hydroxylation sites is 1. The Balaban J connectivity index is 2.56. The van der Waals surface area contributed by atoms with Gasteiger partial charge in [0, 0.05) is 18.7 Å². The van der Waals surface area contributed by atoms with Gasteiger partial charge in [-0.05, 0) is 12.6 Å². The number of carbonyl (C=O) groups is 1. The average Bonchev–Trinajstić information content (AvgIpc) is 2.26. The van der Waals surface area contributed by atoms with E-state index in [9.17, 15) is 9.90 Å². The molecule has 0 radical (unpaired) electrons. The largest absolute Gasteiger partial charge is 0.508 e. The Morgan fingerprint density at radius 1 is 1.38 bits per heavy atom. The standard InChI is InChI=1S/C12H17NO3/c1-2-13(8-7-12(15)16)9-10-5-3-4-6-11(10)14/h3-6,14H,2,7-9H2,1H3,(H,15,16). The van der Waals surface area contributed by atoms with E-state index >= 15 is 0 Å². The highest BCUT2D eigenvalue weighted by atomic mass is 16.4. The zero-order chi connectivity index (χ0) is 12.0. The maximum absolute atomic E-state index is 10.5. The number of benzene rings is 1. The molecule has 1 rings (SSSR count). The zero-order valence-electron chi connectivity index (χ0n) is 9.39. The first-order chi connectivity index (χ1) is 7.63. The van der Waals surface area contributed by atoms with Crippen LogP contribution < -0.4 is 0 Å². The third kappa shape index (κ3) is 3.90. The van der Waals surface area contributed by atoms with Crippen LogP contribution in [0.15, 0.2) is 24.3 Å². The van der Waals surface area contributed by atoms with Gasteiger partial charge in [0.2, 0.25) is 0 Å². The first-order valence-corrected chi connectivity index (χ1v) is 5.34. The lowest BCUT2D eigenvalue weighted by Crippen LogP contribution is -2.25. The summed E-state index contributed by atoms with van der Waals surface area (Å²) in [5.41, 5.74) is 0.828. The summed E-state index contributed by atoms with van der Waals surface area (Å²) in [6, 6.07) is 7.12. The van der Waals surface area contributed by atoms with Crippen molar-refractivity contribution in [2.45, 2.75) is 19.9 Å². The van der Waals surface area contributed by atoms with Gasteiger partial charge in [-0.2, -0.15) is 0 Å². The molecule has 4 heteroatoms. The van der Waals surface area contributed by atoms with Crippen LogP contribution in [0.25, 0.3) is 0 Å². The van der Waals surface area contributed by atoms with Gasteiger partial charge < -0.3 is 10.2 Å². The molecule has 0 aliphatic carbocycles. The molecule has 0 aliphatic heterocycles. The topological polar surface area (TPSA) is 60.8 Å². The second-order valence-corrected chi connectivity index (χ2v) is 3.64. The highest BCUT2D eigenvalue weighted by Crippen LogP contribution is 2.17. The summed E-state index contributed by atoms with van der Waals surface area (Å²) in [5.74, 6) is -0.535. The van der Waals surface area contributed by atoms with Crippen molar-refractivity contribution in [1.82, 2.24) is 4.90 Å². The van der Waals surface area contributed by atoms with Crippen molar-refractivity contribution in [2.24, 2.45) is 0 Å². The van der Waals surface area contributed by atoms with E-state index in [2.05, 4.69) is 0 Å². The van der Waals surface area contributed by atoms with Gasteiger partial charge in [0.05, 0.1) is 6.42 Å². The van der Waals surface area contributed by atoms with Crippen molar-refractivity contribution in [3.63, 3.8) is 0 Å². The molecule has 88 valence electrons. The Morgan fingerprint density at radius 3 is 2.62 bits per heavy atom. The van der Waals surface area contributed by atoms with E-state index in [0.29, 0.717) is 13.1 Å². The van der Waals surface area contributed by atoms with Gasteiger partial charge in [-0.3, -0.25) is 9.69 Å². The zero-order valence-corrected chi connectivity index (χ0v) is 9.39. The van der Waals surface area contributed by atoms with Crippen LogP contribution in [0.1, 0.15) is 18.9 Å². The van der Waals surface area contributed by atoms with Crippen LogP contribution in [0.2, 0.25) is 0 Å². The van der Waals surface area contributed by atoms with E-state index in [0.717, 1.165) is 12.1 Å². The third-order valence-corrected chi connectivity index (χ3v) is 2.47. The van der Waals surface area contributed by atoms with Crippen LogP contribution in [0.3, 0.4) is 0 Å². The molecule has 0 spiro atoms. The first kappa shape index (κ1) is 12.5. The molecule has 4 nitrogen and oxygen atoms in total. The fourth-order valence-electron chi connectivity index (χ4n) is 1.49. The molecule has 0 saturated heterocycles. The number of carboxylic acid groups (broad SMARTS) is 1. The maximum Gasteiger partial charge on any atom is 0.304 e. The molecular weight excluding hydrogens is 206 g/mol. The highest BCUT2D eigenvalue weighted by molar-refractivity contribution is 5.66. The minimum absolute atomic E-state index is 0.126. The fraction of sp³-hybridized carbons (Fsp3) is 0.417. The molecule has 0 saturated carbocycles. The monoisotopic (exact) mass is 223 g/mol. The van der Waals surface area contributed by atoms with Crippen LogP contribution in [0, 0.1) is 0 Å². The number of rotatable bonds is 6. The number of nitrogens with zero attached hydrogens (tertiary/aromatic N) is 1. The summed E-state index contributed by atoms with van der Waals surface area (Å²) < 4.78 is 0. The van der Waals surface area contributed by atoms with Crippen molar-refractivity contribution in [3.05, 3.63) is 29.8 Å². The summed E-state index contributed by atoms with van der Waals surface area (Å²) in [6.45, 7) is 3.82. The molecule has 1 aromatic rings. The van der Waals surface area contributed by atoms with Crippen LogP contribution in [-0.2, 0) is 11.3 Å². The van der Waals surface area contributed by atoms with Crippen molar-refractivity contribution in [3.8, 4) is 5.75 Å². The van der Waals surface area contributed by atoms with E-state index < -0.39 is 5.97 Å². The second-order valence-electron chi connectivity index (χ2n) is 3.64. The average molecular weight is 223 g/mol. The van der Waals surface area contributed by atoms with E-state index in [1.165, 1.54) is 0 Å². The Kier molecular flexibility index (Phi) is 4.79. The van der Waals surface area contributed by atoms with Crippen LogP contribution in [0.5, 0.6) is 5.75 Å². The lowest BCUT2D eigenvalue weighted by atomic mass is 10.2. The molecule has 2 N–H and O–H groups in total. The van der Waals surface area contributed by atoms with Gasteiger partial charge in [-0.15, -0.1) is 0 Å². The summed E-state index contributed by atoms with van der Waals surface area (Å²) in [5, 5.41) is 18.2.